The molecule has 2 aliphatic heterocycles. The molecule has 0 spiro atoms. The Balaban J connectivity index is 1.43. The maximum atomic E-state index is 13.7. The number of benzene rings is 1. The lowest BCUT2D eigenvalue weighted by Crippen LogP contribution is -2.55. The summed E-state index contributed by atoms with van der Waals surface area (Å²) in [6.07, 6.45) is 2.78. The van der Waals surface area contributed by atoms with Crippen molar-refractivity contribution in [2.45, 2.75) is 51.1 Å². The Morgan fingerprint density at radius 3 is 2.61 bits per heavy atom. The van der Waals surface area contributed by atoms with Crippen molar-refractivity contribution >= 4 is 50.9 Å². The maximum absolute atomic E-state index is 13.7. The number of nitrogens with zero attached hydrogens (tertiary/aromatic N) is 2. The molecule has 10 nitrogen and oxygen atoms in total. The fourth-order valence-electron chi connectivity index (χ4n) is 5.08. The molecule has 12 heteroatoms. The van der Waals surface area contributed by atoms with Gasteiger partial charge in [0.2, 0.25) is 17.7 Å². The van der Waals surface area contributed by atoms with E-state index in [0.717, 1.165) is 41.2 Å². The van der Waals surface area contributed by atoms with E-state index in [1.807, 2.05) is 19.1 Å². The number of morpholine rings is 1. The number of hydrogen-bond acceptors (Lipinski definition) is 8. The van der Waals surface area contributed by atoms with Gasteiger partial charge in [-0.25, -0.2) is 4.98 Å². The fraction of sp³-hybridized carbons (Fsp3) is 0.586. The molecule has 41 heavy (non-hydrogen) atoms. The minimum Gasteiger partial charge on any atom is -0.381 e. The van der Waals surface area contributed by atoms with Gasteiger partial charge in [0.05, 0.1) is 28.4 Å². The van der Waals surface area contributed by atoms with Crippen molar-refractivity contribution in [1.29, 1.82) is 0 Å². The van der Waals surface area contributed by atoms with E-state index < -0.39 is 6.04 Å². The summed E-state index contributed by atoms with van der Waals surface area (Å²) in [6, 6.07) is 4.34. The van der Waals surface area contributed by atoms with Gasteiger partial charge in [-0.05, 0) is 43.4 Å². The number of carbonyl (C=O) groups is 3. The molecule has 0 unspecified atom stereocenters. The third-order valence-corrected chi connectivity index (χ3v) is 8.66. The van der Waals surface area contributed by atoms with Crippen molar-refractivity contribution < 1.29 is 23.9 Å². The largest absolute Gasteiger partial charge is 0.381 e. The van der Waals surface area contributed by atoms with E-state index >= 15 is 0 Å². The van der Waals surface area contributed by atoms with E-state index in [1.165, 1.54) is 11.3 Å². The molecular formula is C29H40ClN5O5S. The Bertz CT molecular complexity index is 1210. The Morgan fingerprint density at radius 2 is 1.88 bits per heavy atom. The first kappa shape index (κ1) is 31.4. The molecule has 0 aliphatic carbocycles. The van der Waals surface area contributed by atoms with E-state index in [-0.39, 0.29) is 42.6 Å². The molecule has 1 aromatic heterocycles. The first-order valence-corrected chi connectivity index (χ1v) is 15.5. The summed E-state index contributed by atoms with van der Waals surface area (Å²) in [5.74, 6) is -0.599. The molecule has 2 atom stereocenters. The van der Waals surface area contributed by atoms with Crippen LogP contribution < -0.4 is 16.0 Å². The van der Waals surface area contributed by atoms with Gasteiger partial charge in [-0.15, -0.1) is 11.3 Å². The molecule has 2 aromatic rings. The molecule has 3 N–H and O–H groups in total. The van der Waals surface area contributed by atoms with E-state index in [4.69, 9.17) is 21.1 Å². The second-order valence-electron chi connectivity index (χ2n) is 10.6. The molecule has 4 rings (SSSR count). The molecule has 224 valence electrons. The lowest BCUT2D eigenvalue weighted by molar-refractivity contribution is -0.130. The monoisotopic (exact) mass is 605 g/mol. The van der Waals surface area contributed by atoms with Crippen molar-refractivity contribution in [1.82, 2.24) is 25.8 Å². The Hall–Kier alpha value is -2.57. The van der Waals surface area contributed by atoms with Gasteiger partial charge in [0.15, 0.2) is 0 Å². The molecule has 0 bridgehead atoms. The average molecular weight is 606 g/mol. The molecule has 2 aliphatic rings. The summed E-state index contributed by atoms with van der Waals surface area (Å²) in [5, 5.41) is 10.4. The number of hydrogen-bond donors (Lipinski definition) is 3. The number of nitrogens with one attached hydrogen (secondary N) is 3. The zero-order valence-electron chi connectivity index (χ0n) is 23.6. The maximum Gasteiger partial charge on any atom is 0.247 e. The van der Waals surface area contributed by atoms with E-state index in [2.05, 4.69) is 32.4 Å². The number of halogens is 1. The smallest absolute Gasteiger partial charge is 0.247 e. The third kappa shape index (κ3) is 9.47. The van der Waals surface area contributed by atoms with Crippen molar-refractivity contribution in [2.24, 2.45) is 5.92 Å². The van der Waals surface area contributed by atoms with Crippen molar-refractivity contribution in [3.05, 3.63) is 40.4 Å². The Morgan fingerprint density at radius 1 is 1.15 bits per heavy atom. The van der Waals surface area contributed by atoms with Gasteiger partial charge in [-0.2, -0.15) is 0 Å². The van der Waals surface area contributed by atoms with Gasteiger partial charge in [0, 0.05) is 68.9 Å². The third-order valence-electron chi connectivity index (χ3n) is 7.39. The predicted octanol–water partition coefficient (Wildman–Crippen LogP) is 2.69. The first-order chi connectivity index (χ1) is 19.8. The number of ether oxygens (including phenoxy) is 2. The molecular weight excluding hydrogens is 566 g/mol. The summed E-state index contributed by atoms with van der Waals surface area (Å²) >= 11 is 7.60. The summed E-state index contributed by atoms with van der Waals surface area (Å²) in [6.45, 7) is 10.6. The van der Waals surface area contributed by atoms with Crippen molar-refractivity contribution in [2.75, 3.05) is 52.6 Å². The Labute approximate surface area is 250 Å². The van der Waals surface area contributed by atoms with Crippen LogP contribution in [0.15, 0.2) is 30.4 Å². The average Bonchev–Trinajstić information content (AvgIpc) is 3.37. The van der Waals surface area contributed by atoms with Gasteiger partial charge in [-0.3, -0.25) is 19.3 Å². The van der Waals surface area contributed by atoms with Crippen LogP contribution in [0.4, 0.5) is 0 Å². The second kappa shape index (κ2) is 15.6. The zero-order chi connectivity index (χ0) is 29.2. The molecule has 1 aromatic carbocycles. The van der Waals surface area contributed by atoms with E-state index in [1.54, 1.807) is 6.07 Å². The molecule has 2 saturated heterocycles. The van der Waals surface area contributed by atoms with Gasteiger partial charge < -0.3 is 25.4 Å². The topological polar surface area (TPSA) is 122 Å². The van der Waals surface area contributed by atoms with E-state index in [0.29, 0.717) is 56.4 Å². The molecule has 3 heterocycles. The number of carbonyl (C=O) groups excluding carboxylic acids is 3. The normalized spacial score (nSPS) is 18.0. The summed E-state index contributed by atoms with van der Waals surface area (Å²) in [4.78, 5) is 46.0. The predicted molar refractivity (Wildman–Crippen MR) is 160 cm³/mol. The number of amides is 3. The standard InChI is InChI=1S/C29H40ClN5O5S/c1-3-4-26(36)32-23(16-27-33-22-6-5-21(30)15-25(22)41-27)29(38)34-24(20-7-11-39-12-8-20)17-31-28(37)19(2)18-35-9-13-40-14-10-35/h5-6,15,20,23-24H,2-4,7-14,16-18H2,1H3,(H,31,37)(H,32,36)(H,34,38)/t23-,24+/m0/s1. The van der Waals surface area contributed by atoms with Crippen LogP contribution in [0.1, 0.15) is 37.6 Å². The van der Waals surface area contributed by atoms with Crippen LogP contribution in [0.5, 0.6) is 0 Å². The minimum absolute atomic E-state index is 0.122. The van der Waals surface area contributed by atoms with Crippen LogP contribution in [0, 0.1) is 5.92 Å². The molecule has 2 fully saturated rings. The van der Waals surface area contributed by atoms with Gasteiger partial charge in [-0.1, -0.05) is 25.1 Å². The van der Waals surface area contributed by atoms with Crippen LogP contribution in [-0.4, -0.2) is 92.3 Å². The molecule has 3 amide bonds. The summed E-state index contributed by atoms with van der Waals surface area (Å²) in [7, 11) is 0. The highest BCUT2D eigenvalue weighted by Crippen LogP contribution is 2.26. The number of fused-ring (bicyclic) bond motifs is 1. The minimum atomic E-state index is -0.806. The van der Waals surface area contributed by atoms with Crippen LogP contribution in [0.2, 0.25) is 5.02 Å². The number of rotatable bonds is 13. The number of aromatic nitrogens is 1. The Kier molecular flexibility index (Phi) is 11.9. The van der Waals surface area contributed by atoms with Crippen molar-refractivity contribution in [3.8, 4) is 0 Å². The highest BCUT2D eigenvalue weighted by molar-refractivity contribution is 7.18. The number of thiazole rings is 1. The highest BCUT2D eigenvalue weighted by atomic mass is 35.5. The summed E-state index contributed by atoms with van der Waals surface area (Å²) in [5.41, 5.74) is 1.28. The molecule has 0 saturated carbocycles. The van der Waals surface area contributed by atoms with Gasteiger partial charge in [0.25, 0.3) is 0 Å². The summed E-state index contributed by atoms with van der Waals surface area (Å²) < 4.78 is 11.8. The quantitative estimate of drug-likeness (QED) is 0.300. The lowest BCUT2D eigenvalue weighted by atomic mass is 9.91. The van der Waals surface area contributed by atoms with Gasteiger partial charge >= 0.3 is 0 Å². The second-order valence-corrected chi connectivity index (χ2v) is 12.1. The zero-order valence-corrected chi connectivity index (χ0v) is 25.2. The lowest BCUT2D eigenvalue weighted by Gasteiger charge is -2.32. The van der Waals surface area contributed by atoms with Crippen LogP contribution in [0.3, 0.4) is 0 Å². The van der Waals surface area contributed by atoms with Crippen LogP contribution in [-0.2, 0) is 30.3 Å². The first-order valence-electron chi connectivity index (χ1n) is 14.3. The molecule has 0 radical (unpaired) electrons. The van der Waals surface area contributed by atoms with E-state index in [9.17, 15) is 14.4 Å². The van der Waals surface area contributed by atoms with Crippen molar-refractivity contribution in [3.63, 3.8) is 0 Å². The fourth-order valence-corrected chi connectivity index (χ4v) is 6.37. The van der Waals surface area contributed by atoms with Crippen LogP contribution in [0.25, 0.3) is 10.2 Å². The van der Waals surface area contributed by atoms with Gasteiger partial charge in [0.1, 0.15) is 6.04 Å². The SMILES string of the molecule is C=C(CN1CCOCC1)C(=O)NC[C@@H](NC(=O)[C@H](Cc1nc2ccc(Cl)cc2s1)NC(=O)CCC)C1CCOCC1. The van der Waals surface area contributed by atoms with Crippen LogP contribution >= 0.6 is 22.9 Å². The highest BCUT2D eigenvalue weighted by Gasteiger charge is 2.30.